The lowest BCUT2D eigenvalue weighted by molar-refractivity contribution is -0.0827. The lowest BCUT2D eigenvalue weighted by Gasteiger charge is -2.31. The molecule has 42 nitrogen and oxygen atoms in total. The Labute approximate surface area is 586 Å². The minimum absolute atomic E-state index is 0.0345. The first kappa shape index (κ1) is 78.3. The van der Waals surface area contributed by atoms with Gasteiger partial charge in [-0.15, -0.1) is 0 Å². The average molecular weight is 1550 g/mol. The topological polar surface area (TPSA) is 542 Å². The maximum atomic E-state index is 13.3. The van der Waals surface area contributed by atoms with E-state index in [-0.39, 0.29) is 105 Å². The molecule has 0 aliphatic carbocycles. The summed E-state index contributed by atoms with van der Waals surface area (Å²) in [6.07, 6.45) is -16.9. The second-order valence-corrected chi connectivity index (χ2v) is 31.4. The Morgan fingerprint density at radius 1 is 0.495 bits per heavy atom. The highest BCUT2D eigenvalue weighted by Crippen LogP contribution is 2.55. The average Bonchev–Trinajstić information content (AvgIpc) is 1.63. The van der Waals surface area contributed by atoms with Gasteiger partial charge in [0, 0.05) is 52.0 Å². The molecule has 10 rings (SSSR count). The van der Waals surface area contributed by atoms with Crippen LogP contribution in [0.2, 0.25) is 0 Å². The van der Waals surface area contributed by atoms with E-state index in [1.807, 2.05) is 0 Å². The fourth-order valence-corrected chi connectivity index (χ4v) is 15.8. The van der Waals surface area contributed by atoms with Crippen molar-refractivity contribution in [1.29, 1.82) is 0 Å². The van der Waals surface area contributed by atoms with Crippen molar-refractivity contribution in [2.45, 2.75) is 125 Å². The molecular formula is C53H78N15O27P3S3. The molecular weight excluding hydrogens is 1470 g/mol. The number of hydrogen-bond donors (Lipinski definition) is 10. The van der Waals surface area contributed by atoms with Gasteiger partial charge in [0.05, 0.1) is 91.4 Å². The summed E-state index contributed by atoms with van der Waals surface area (Å²) in [5.41, 5.74) is 14.2. The van der Waals surface area contributed by atoms with Crippen LogP contribution < -0.4 is 45.3 Å². The molecule has 19 atom stereocenters. The van der Waals surface area contributed by atoms with Crippen LogP contribution in [-0.2, 0) is 119 Å². The smallest absolute Gasteiger partial charge is 0.351 e. The van der Waals surface area contributed by atoms with E-state index >= 15 is 0 Å². The number of rotatable bonds is 36. The van der Waals surface area contributed by atoms with Crippen LogP contribution in [0.15, 0.2) is 49.0 Å². The van der Waals surface area contributed by atoms with Crippen molar-refractivity contribution in [3.63, 3.8) is 0 Å². The van der Waals surface area contributed by atoms with Crippen molar-refractivity contribution in [1.82, 2.24) is 58.1 Å². The Morgan fingerprint density at radius 3 is 1.31 bits per heavy atom. The molecule has 0 aromatic carbocycles. The molecule has 10 heterocycles. The summed E-state index contributed by atoms with van der Waals surface area (Å²) >= 11 is 17.1. The molecule has 0 bridgehead atoms. The van der Waals surface area contributed by atoms with E-state index in [2.05, 4.69) is 39.9 Å². The Balaban J connectivity index is 0.957. The standard InChI is InChI=1S/C53H78N15O27P3S3/c1-8-26-33(37(83-14-10-79-5)47(89-26)66-18-25(3)43(70)64-53(66)74)93-97(76,100)87-20-28-35(39(85-16-12-81-7)49(91-28)68-23-58-31-42(68)61-51(56)63-45(31)72)95-98(77,101)88-21-29-34(38(84-15-11-80-6)48(92-29)67-22-57-30-41(67)60-50(55)62-44(30)71)94-96(75,99)86-19-27-32(69)36(82-13-9-78-4)46(90-27)65-17-24(2)40(54)59-52(65)73/h17-18,22-23,26-29,32-39,46-49,69H,8-16,19-21H2,1-7H3,(H,75,99)(H,76,100)(H,77,101)(H2,54,59,73)(H,64,70,74)(H3,55,60,62,71)(H3,56,61,63,72)/t26-,27-,28-,29-,32+,33+,34+,35+,36?,37?,38?,39?,46-,47-,48-,49-,96?,97?,98?/m1/s1. The van der Waals surface area contributed by atoms with Crippen LogP contribution in [0.3, 0.4) is 0 Å². The predicted molar refractivity (Wildman–Crippen MR) is 359 cm³/mol. The van der Waals surface area contributed by atoms with Gasteiger partial charge in [0.15, 0.2) is 47.2 Å². The zero-order valence-corrected chi connectivity index (χ0v) is 60.2. The molecule has 0 saturated carbocycles. The quantitative estimate of drug-likeness (QED) is 0.0147. The van der Waals surface area contributed by atoms with Gasteiger partial charge in [-0.1, -0.05) is 6.92 Å². The fraction of sp³-hybridized carbons (Fsp3) is 0.660. The number of methoxy groups -OCH3 is 4. The van der Waals surface area contributed by atoms with Crippen LogP contribution in [0.5, 0.6) is 0 Å². The minimum Gasteiger partial charge on any atom is -0.387 e. The fourth-order valence-electron chi connectivity index (χ4n) is 11.5. The molecule has 13 N–H and O–H groups in total. The Bertz CT molecular complexity index is 4320. The van der Waals surface area contributed by atoms with E-state index in [0.29, 0.717) is 5.56 Å². The van der Waals surface area contributed by atoms with Gasteiger partial charge in [-0.3, -0.25) is 61.2 Å². The molecule has 0 amide bonds. The van der Waals surface area contributed by atoms with E-state index in [9.17, 15) is 43.8 Å². The molecule has 4 aliphatic rings. The third kappa shape index (κ3) is 18.2. The monoisotopic (exact) mass is 1550 g/mol. The van der Waals surface area contributed by atoms with Gasteiger partial charge in [0.1, 0.15) is 73.0 Å². The molecule has 0 spiro atoms. The minimum atomic E-state index is -4.82. The van der Waals surface area contributed by atoms with Gasteiger partial charge in [-0.2, -0.15) is 15.0 Å². The van der Waals surface area contributed by atoms with E-state index in [0.717, 1.165) is 9.13 Å². The van der Waals surface area contributed by atoms with E-state index in [1.165, 1.54) is 69.5 Å². The molecule has 0 radical (unpaired) electrons. The Morgan fingerprint density at radius 2 is 0.871 bits per heavy atom. The van der Waals surface area contributed by atoms with Gasteiger partial charge in [0.2, 0.25) is 11.9 Å². The van der Waals surface area contributed by atoms with Crippen molar-refractivity contribution in [2.75, 3.05) is 118 Å². The number of aromatic nitrogens is 12. The maximum absolute atomic E-state index is 13.3. The molecule has 48 heteroatoms. The van der Waals surface area contributed by atoms with Crippen molar-refractivity contribution in [3.05, 3.63) is 88.2 Å². The molecule has 7 unspecified atom stereocenters. The lowest BCUT2D eigenvalue weighted by Crippen LogP contribution is -2.41. The van der Waals surface area contributed by atoms with Crippen LogP contribution in [-0.4, -0.2) is 252 Å². The summed E-state index contributed by atoms with van der Waals surface area (Å²) in [6, 6.07) is 0. The molecule has 560 valence electrons. The number of fused-ring (bicyclic) bond motifs is 2. The number of aliphatic hydroxyl groups is 1. The number of aliphatic hydroxyl groups excluding tert-OH is 1. The van der Waals surface area contributed by atoms with Gasteiger partial charge in [-0.25, -0.2) is 19.6 Å². The highest BCUT2D eigenvalue weighted by Gasteiger charge is 2.55. The van der Waals surface area contributed by atoms with Crippen molar-refractivity contribution in [3.8, 4) is 0 Å². The summed E-state index contributed by atoms with van der Waals surface area (Å²) in [5, 5.41) is 11.7. The van der Waals surface area contributed by atoms with Crippen LogP contribution in [0.4, 0.5) is 17.7 Å². The van der Waals surface area contributed by atoms with Crippen LogP contribution in [0, 0.1) is 13.8 Å². The van der Waals surface area contributed by atoms with Gasteiger partial charge < -0.3 is 107 Å². The third-order valence-corrected chi connectivity index (χ3v) is 20.9. The van der Waals surface area contributed by atoms with Crippen molar-refractivity contribution < 1.29 is 104 Å². The number of ether oxygens (including phenoxy) is 12. The van der Waals surface area contributed by atoms with Crippen molar-refractivity contribution >= 4 is 95.6 Å². The molecule has 4 aliphatic heterocycles. The van der Waals surface area contributed by atoms with Crippen LogP contribution >= 0.6 is 20.2 Å². The summed E-state index contributed by atoms with van der Waals surface area (Å²) in [5.74, 6) is -0.666. The summed E-state index contributed by atoms with van der Waals surface area (Å²) in [6.45, 7) is -11.9. The number of nitrogen functional groups attached to an aromatic ring is 3. The van der Waals surface area contributed by atoms with Gasteiger partial charge >= 0.3 is 31.5 Å². The number of aryl methyl sites for hydroxylation is 2. The first-order valence-electron chi connectivity index (χ1n) is 30.9. The lowest BCUT2D eigenvalue weighted by atomic mass is 10.1. The van der Waals surface area contributed by atoms with Crippen molar-refractivity contribution in [2.24, 2.45) is 0 Å². The molecule has 6 aromatic heterocycles. The summed E-state index contributed by atoms with van der Waals surface area (Å²) in [7, 11) is 5.67. The van der Waals surface area contributed by atoms with Crippen LogP contribution in [0.25, 0.3) is 22.3 Å². The summed E-state index contributed by atoms with van der Waals surface area (Å²) < 4.78 is 113. The predicted octanol–water partition coefficient (Wildman–Crippen LogP) is -2.23. The Kier molecular flexibility index (Phi) is 26.3. The zero-order valence-electron chi connectivity index (χ0n) is 55.0. The van der Waals surface area contributed by atoms with Crippen LogP contribution in [0.1, 0.15) is 49.4 Å². The number of H-pyrrole nitrogens is 3. The number of imidazole rings is 2. The number of nitrogens with two attached hydrogens (primary N) is 3. The number of nitrogens with zero attached hydrogens (tertiary/aromatic N) is 9. The van der Waals surface area contributed by atoms with E-state index in [4.69, 9.17) is 137 Å². The second kappa shape index (κ2) is 33.9. The molecule has 4 saturated heterocycles. The Hall–Kier alpha value is -5.27. The second-order valence-electron chi connectivity index (χ2n) is 23.0. The SMILES string of the molecule is CC[C@H]1O[C@@H](n2cc(C)c(=O)[nH]c2=O)C(OCCOC)[C@H]1OP(O)(=S)OC[C@H]1O[C@@H](n2cnc3c(=O)[nH]c(N)nc32)C(OCCOC)[C@H]1OP(O)(=S)OC[C@H]1O[C@@H](n2cnc3c(=O)[nH]c(N)nc32)C(OCCOC)[C@H]1OP(O)(=S)OC[C@H]1O[C@@H](n2cc(C)c(N)nc2=O)C(OCCOC)[C@H]1O. The largest absolute Gasteiger partial charge is 0.387 e. The normalized spacial score (nSPS) is 28.7. The van der Waals surface area contributed by atoms with Gasteiger partial charge in [0.25, 0.3) is 16.7 Å². The third-order valence-electron chi connectivity index (χ3n) is 16.3. The highest BCUT2D eigenvalue weighted by atomic mass is 32.5. The maximum Gasteiger partial charge on any atom is 0.351 e. The number of hydrogen-bond acceptors (Lipinski definition) is 35. The molecule has 4 fully saturated rings. The van der Waals surface area contributed by atoms with E-state index in [1.54, 1.807) is 13.8 Å². The number of nitrogens with one attached hydrogen (secondary N) is 3. The first-order valence-corrected chi connectivity index (χ1v) is 38.7. The first-order chi connectivity index (χ1) is 48.1. The molecule has 101 heavy (non-hydrogen) atoms. The number of aromatic amines is 3. The molecule has 6 aromatic rings. The van der Waals surface area contributed by atoms with Gasteiger partial charge in [-0.05, 0) is 55.7 Å². The number of anilines is 3. The highest BCUT2D eigenvalue weighted by molar-refractivity contribution is 8.07. The zero-order chi connectivity index (χ0) is 72.8. The summed E-state index contributed by atoms with van der Waals surface area (Å²) in [4.78, 5) is 130. The van der Waals surface area contributed by atoms with E-state index < -0.39 is 166 Å².